The Bertz CT molecular complexity index is 440. The Morgan fingerprint density at radius 2 is 2.25 bits per heavy atom. The number of hydrogen-bond acceptors (Lipinski definition) is 2. The highest BCUT2D eigenvalue weighted by molar-refractivity contribution is 9.10. The van der Waals surface area contributed by atoms with Gasteiger partial charge in [-0.2, -0.15) is 0 Å². The van der Waals surface area contributed by atoms with E-state index in [1.807, 2.05) is 12.1 Å². The predicted molar refractivity (Wildman–Crippen MR) is 83.4 cm³/mol. The first-order valence-electron chi connectivity index (χ1n) is 7.44. The molecule has 0 spiro atoms. The molecule has 0 aromatic heterocycles. The third-order valence-corrected chi connectivity index (χ3v) is 4.59. The van der Waals surface area contributed by atoms with Crippen LogP contribution in [0, 0.1) is 11.7 Å². The summed E-state index contributed by atoms with van der Waals surface area (Å²) in [6.45, 7) is 5.98. The van der Waals surface area contributed by atoms with E-state index in [9.17, 15) is 4.39 Å². The molecule has 1 heterocycles. The van der Waals surface area contributed by atoms with E-state index < -0.39 is 0 Å². The first-order chi connectivity index (χ1) is 9.65. The zero-order valence-electron chi connectivity index (χ0n) is 12.2. The molecule has 1 aliphatic heterocycles. The lowest BCUT2D eigenvalue weighted by atomic mass is 9.87. The molecule has 3 atom stereocenters. The van der Waals surface area contributed by atoms with Crippen LogP contribution in [-0.4, -0.2) is 25.3 Å². The Kier molecular flexibility index (Phi) is 6.00. The molecule has 112 valence electrons. The minimum Gasteiger partial charge on any atom is -0.378 e. The van der Waals surface area contributed by atoms with Gasteiger partial charge >= 0.3 is 0 Å². The molecule has 20 heavy (non-hydrogen) atoms. The van der Waals surface area contributed by atoms with Gasteiger partial charge in [0.05, 0.1) is 6.10 Å². The van der Waals surface area contributed by atoms with Crippen LogP contribution in [0.1, 0.15) is 32.3 Å². The van der Waals surface area contributed by atoms with E-state index in [1.165, 1.54) is 0 Å². The topological polar surface area (TPSA) is 21.3 Å². The Hall–Kier alpha value is -0.450. The van der Waals surface area contributed by atoms with Crippen LogP contribution in [0.3, 0.4) is 0 Å². The molecular formula is C16H23BrFNO. The fourth-order valence-electron chi connectivity index (χ4n) is 3.11. The second-order valence-electron chi connectivity index (χ2n) is 5.37. The molecule has 0 bridgehead atoms. The van der Waals surface area contributed by atoms with Crippen molar-refractivity contribution in [2.45, 2.75) is 45.3 Å². The van der Waals surface area contributed by atoms with Crippen molar-refractivity contribution in [1.29, 1.82) is 0 Å². The van der Waals surface area contributed by atoms with Crippen molar-refractivity contribution in [3.63, 3.8) is 0 Å². The quantitative estimate of drug-likeness (QED) is 0.845. The lowest BCUT2D eigenvalue weighted by Crippen LogP contribution is -2.41. The highest BCUT2D eigenvalue weighted by Gasteiger charge is 2.33. The van der Waals surface area contributed by atoms with Crippen LogP contribution in [-0.2, 0) is 11.2 Å². The van der Waals surface area contributed by atoms with E-state index in [0.29, 0.717) is 12.0 Å². The van der Waals surface area contributed by atoms with Gasteiger partial charge in [-0.25, -0.2) is 4.39 Å². The molecule has 1 fully saturated rings. The fraction of sp³-hybridized carbons (Fsp3) is 0.625. The van der Waals surface area contributed by atoms with Gasteiger partial charge in [-0.3, -0.25) is 0 Å². The maximum atomic E-state index is 14.0. The molecule has 2 rings (SSSR count). The lowest BCUT2D eigenvalue weighted by Gasteiger charge is -2.28. The van der Waals surface area contributed by atoms with E-state index >= 15 is 0 Å². The number of rotatable bonds is 6. The third-order valence-electron chi connectivity index (χ3n) is 4.10. The average molecular weight is 344 g/mol. The molecule has 1 aromatic rings. The van der Waals surface area contributed by atoms with Crippen molar-refractivity contribution >= 4 is 15.9 Å². The average Bonchev–Trinajstić information content (AvgIpc) is 2.89. The van der Waals surface area contributed by atoms with Gasteiger partial charge in [-0.1, -0.05) is 35.8 Å². The van der Waals surface area contributed by atoms with Crippen LogP contribution in [0.5, 0.6) is 0 Å². The highest BCUT2D eigenvalue weighted by Crippen LogP contribution is 2.29. The zero-order chi connectivity index (χ0) is 14.5. The van der Waals surface area contributed by atoms with Gasteiger partial charge in [-0.15, -0.1) is 0 Å². The third kappa shape index (κ3) is 3.80. The predicted octanol–water partition coefficient (Wildman–Crippen LogP) is 3.92. The van der Waals surface area contributed by atoms with Crippen molar-refractivity contribution < 1.29 is 9.13 Å². The van der Waals surface area contributed by atoms with Gasteiger partial charge in [0.25, 0.3) is 0 Å². The summed E-state index contributed by atoms with van der Waals surface area (Å²) in [5, 5.41) is 3.52. The fourth-order valence-corrected chi connectivity index (χ4v) is 3.44. The van der Waals surface area contributed by atoms with Crippen LogP contribution >= 0.6 is 15.9 Å². The summed E-state index contributed by atoms with van der Waals surface area (Å²) in [4.78, 5) is 0. The molecule has 1 aliphatic rings. The van der Waals surface area contributed by atoms with Crippen molar-refractivity contribution in [3.05, 3.63) is 34.1 Å². The lowest BCUT2D eigenvalue weighted by molar-refractivity contribution is 0.0775. The molecule has 0 saturated carbocycles. The number of nitrogens with one attached hydrogen (secondary N) is 1. The summed E-state index contributed by atoms with van der Waals surface area (Å²) in [6.07, 6.45) is 3.11. The Labute approximate surface area is 129 Å². The van der Waals surface area contributed by atoms with Gasteiger partial charge < -0.3 is 10.1 Å². The smallest absolute Gasteiger partial charge is 0.127 e. The van der Waals surface area contributed by atoms with Crippen LogP contribution in [0.15, 0.2) is 22.7 Å². The summed E-state index contributed by atoms with van der Waals surface area (Å²) >= 11 is 3.30. The van der Waals surface area contributed by atoms with Crippen molar-refractivity contribution in [3.8, 4) is 0 Å². The summed E-state index contributed by atoms with van der Waals surface area (Å²) in [5.41, 5.74) is 0.779. The summed E-state index contributed by atoms with van der Waals surface area (Å²) in [5.74, 6) is 0.345. The van der Waals surface area contributed by atoms with Crippen molar-refractivity contribution in [1.82, 2.24) is 5.32 Å². The van der Waals surface area contributed by atoms with E-state index in [2.05, 4.69) is 35.1 Å². The van der Waals surface area contributed by atoms with Gasteiger partial charge in [0.2, 0.25) is 0 Å². The van der Waals surface area contributed by atoms with Gasteiger partial charge in [0.15, 0.2) is 0 Å². The number of likely N-dealkylation sites (N-methyl/N-ethyl adjacent to an activating group) is 1. The number of hydrogen-bond donors (Lipinski definition) is 1. The monoisotopic (exact) mass is 343 g/mol. The summed E-state index contributed by atoms with van der Waals surface area (Å²) in [6, 6.07) is 5.61. The molecule has 0 radical (unpaired) electrons. The molecule has 0 amide bonds. The standard InChI is InChI=1S/C16H23BrFNO/c1-3-16-13(7-8-20-16)15(19-4-2)9-11-5-6-12(17)10-14(11)18/h5-6,10,13,15-16,19H,3-4,7-9H2,1-2H3. The molecule has 1 aromatic carbocycles. The van der Waals surface area contributed by atoms with Crippen LogP contribution in [0.25, 0.3) is 0 Å². The Morgan fingerprint density at radius 1 is 1.45 bits per heavy atom. The number of benzene rings is 1. The second-order valence-corrected chi connectivity index (χ2v) is 6.29. The summed E-state index contributed by atoms with van der Waals surface area (Å²) < 4.78 is 20.6. The maximum absolute atomic E-state index is 14.0. The molecule has 1 saturated heterocycles. The maximum Gasteiger partial charge on any atom is 0.127 e. The largest absolute Gasteiger partial charge is 0.378 e. The van der Waals surface area contributed by atoms with Crippen LogP contribution in [0.4, 0.5) is 4.39 Å². The SMILES string of the molecule is CCNC(Cc1ccc(Br)cc1F)C1CCOC1CC. The number of ether oxygens (including phenoxy) is 1. The first-order valence-corrected chi connectivity index (χ1v) is 8.23. The molecule has 3 unspecified atom stereocenters. The molecule has 1 N–H and O–H groups in total. The Morgan fingerprint density at radius 3 is 2.90 bits per heavy atom. The minimum atomic E-state index is -0.130. The van der Waals surface area contributed by atoms with E-state index in [4.69, 9.17) is 4.74 Å². The normalized spacial score (nSPS) is 24.0. The highest BCUT2D eigenvalue weighted by atomic mass is 79.9. The van der Waals surface area contributed by atoms with Crippen LogP contribution < -0.4 is 5.32 Å². The molecule has 0 aliphatic carbocycles. The van der Waals surface area contributed by atoms with E-state index in [1.54, 1.807) is 6.07 Å². The van der Waals surface area contributed by atoms with Gasteiger partial charge in [-0.05, 0) is 43.5 Å². The second kappa shape index (κ2) is 7.53. The molecular weight excluding hydrogens is 321 g/mol. The number of halogens is 2. The molecule has 2 nitrogen and oxygen atoms in total. The van der Waals surface area contributed by atoms with Crippen LogP contribution in [0.2, 0.25) is 0 Å². The van der Waals surface area contributed by atoms with Gasteiger partial charge in [0, 0.05) is 23.0 Å². The minimum absolute atomic E-state index is 0.130. The Balaban J connectivity index is 2.12. The van der Waals surface area contributed by atoms with Crippen molar-refractivity contribution in [2.24, 2.45) is 5.92 Å². The zero-order valence-corrected chi connectivity index (χ0v) is 13.7. The van der Waals surface area contributed by atoms with E-state index in [0.717, 1.165) is 42.5 Å². The molecule has 4 heteroatoms. The van der Waals surface area contributed by atoms with Crippen molar-refractivity contribution in [2.75, 3.05) is 13.2 Å². The van der Waals surface area contributed by atoms with Gasteiger partial charge in [0.1, 0.15) is 5.82 Å². The summed E-state index contributed by atoms with van der Waals surface area (Å²) in [7, 11) is 0. The van der Waals surface area contributed by atoms with E-state index in [-0.39, 0.29) is 11.9 Å². The first kappa shape index (κ1) is 15.9.